The Morgan fingerprint density at radius 3 is 2.31 bits per heavy atom. The fraction of sp³-hybridized carbons (Fsp3) is 0.520. The molecule has 10 heteroatoms. The monoisotopic (exact) mass is 478 g/mol. The summed E-state index contributed by atoms with van der Waals surface area (Å²) in [5.41, 5.74) is 2.00. The third kappa shape index (κ3) is 5.48. The molecule has 0 saturated carbocycles. The van der Waals surface area contributed by atoms with Gasteiger partial charge in [0.25, 0.3) is 0 Å². The summed E-state index contributed by atoms with van der Waals surface area (Å²) in [5, 5.41) is 12.9. The molecule has 5 rings (SSSR count). The van der Waals surface area contributed by atoms with Crippen molar-refractivity contribution in [3.8, 4) is 5.75 Å². The normalized spacial score (nSPS) is 17.3. The maximum Gasteiger partial charge on any atom is 0.219 e. The van der Waals surface area contributed by atoms with E-state index in [0.29, 0.717) is 6.61 Å². The van der Waals surface area contributed by atoms with E-state index in [1.54, 1.807) is 11.4 Å². The number of hydrogen-bond donors (Lipinski definition) is 0. The van der Waals surface area contributed by atoms with Gasteiger partial charge in [-0.1, -0.05) is 0 Å². The molecular weight excluding hydrogens is 444 g/mol. The zero-order chi connectivity index (χ0) is 24.2. The van der Waals surface area contributed by atoms with Gasteiger partial charge in [-0.25, -0.2) is 0 Å². The minimum atomic E-state index is 0.177. The summed E-state index contributed by atoms with van der Waals surface area (Å²) >= 11 is 0. The number of fused-ring (bicyclic) bond motifs is 1. The van der Waals surface area contributed by atoms with Crippen molar-refractivity contribution in [3.63, 3.8) is 0 Å². The molecule has 2 saturated heterocycles. The molecule has 2 aromatic heterocycles. The molecule has 0 aliphatic carbocycles. The highest BCUT2D eigenvalue weighted by Gasteiger charge is 2.20. The van der Waals surface area contributed by atoms with Crippen molar-refractivity contribution in [1.82, 2.24) is 29.6 Å². The van der Waals surface area contributed by atoms with Gasteiger partial charge in [0.2, 0.25) is 5.91 Å². The van der Waals surface area contributed by atoms with E-state index >= 15 is 0 Å². The molecule has 1 amide bonds. The van der Waals surface area contributed by atoms with Crippen LogP contribution in [0.1, 0.15) is 19.2 Å². The Hall–Kier alpha value is -3.40. The van der Waals surface area contributed by atoms with Crippen LogP contribution in [0.3, 0.4) is 0 Å². The third-order valence-electron chi connectivity index (χ3n) is 6.92. The first-order valence-corrected chi connectivity index (χ1v) is 12.5. The number of hydrogen-bond acceptors (Lipinski definition) is 8. The van der Waals surface area contributed by atoms with Crippen LogP contribution < -0.4 is 14.5 Å². The average Bonchev–Trinajstić information content (AvgIpc) is 3.27. The zero-order valence-corrected chi connectivity index (χ0v) is 20.6. The van der Waals surface area contributed by atoms with E-state index in [-0.39, 0.29) is 5.91 Å². The number of carbonyl (C=O) groups is 1. The van der Waals surface area contributed by atoms with Gasteiger partial charge in [-0.2, -0.15) is 4.52 Å². The molecule has 0 N–H and O–H groups in total. The number of aryl methyl sites for hydroxylation is 1. The average molecular weight is 479 g/mol. The lowest BCUT2D eigenvalue weighted by atomic mass is 10.2. The highest BCUT2D eigenvalue weighted by molar-refractivity contribution is 5.73. The smallest absolute Gasteiger partial charge is 0.219 e. The van der Waals surface area contributed by atoms with E-state index in [1.807, 2.05) is 24.0 Å². The predicted octanol–water partition coefficient (Wildman–Crippen LogP) is 1.69. The van der Waals surface area contributed by atoms with Gasteiger partial charge in [0.15, 0.2) is 11.5 Å². The Kier molecular flexibility index (Phi) is 6.98. The summed E-state index contributed by atoms with van der Waals surface area (Å²) in [6, 6.07) is 12.4. The minimum absolute atomic E-state index is 0.177. The van der Waals surface area contributed by atoms with Crippen molar-refractivity contribution in [2.75, 3.05) is 75.3 Å². The molecule has 2 aliphatic heterocycles. The first-order valence-electron chi connectivity index (χ1n) is 12.5. The zero-order valence-electron chi connectivity index (χ0n) is 20.6. The molecule has 1 aromatic carbocycles. The lowest BCUT2D eigenvalue weighted by Crippen LogP contribution is -2.48. The van der Waals surface area contributed by atoms with Crippen LogP contribution in [0.15, 0.2) is 36.4 Å². The Morgan fingerprint density at radius 1 is 0.886 bits per heavy atom. The quantitative estimate of drug-likeness (QED) is 0.475. The van der Waals surface area contributed by atoms with E-state index in [4.69, 9.17) is 9.84 Å². The van der Waals surface area contributed by atoms with Crippen molar-refractivity contribution in [1.29, 1.82) is 0 Å². The van der Waals surface area contributed by atoms with Gasteiger partial charge >= 0.3 is 0 Å². The molecule has 2 aliphatic rings. The van der Waals surface area contributed by atoms with Gasteiger partial charge in [0, 0.05) is 71.5 Å². The number of carbonyl (C=O) groups excluding carboxylic acids is 1. The van der Waals surface area contributed by atoms with Crippen molar-refractivity contribution in [2.45, 2.75) is 20.3 Å². The van der Waals surface area contributed by atoms with Crippen LogP contribution in [0.2, 0.25) is 0 Å². The number of nitrogens with zero attached hydrogens (tertiary/aromatic N) is 8. The van der Waals surface area contributed by atoms with Crippen LogP contribution in [-0.2, 0) is 4.79 Å². The summed E-state index contributed by atoms with van der Waals surface area (Å²) in [5.74, 6) is 2.85. The first kappa shape index (κ1) is 23.3. The van der Waals surface area contributed by atoms with E-state index in [0.717, 1.165) is 88.4 Å². The second kappa shape index (κ2) is 10.5. The Labute approximate surface area is 206 Å². The van der Waals surface area contributed by atoms with Crippen molar-refractivity contribution >= 4 is 23.1 Å². The number of ether oxygens (including phenoxy) is 1. The molecule has 0 radical (unpaired) electrons. The molecule has 10 nitrogen and oxygen atoms in total. The SMILES string of the molecule is CC(=O)N1CCN(CCCOc2ccc(N3CCN(c4ccc5nnc(C)n5n4)CC3)cc2)CC1. The highest BCUT2D eigenvalue weighted by Crippen LogP contribution is 2.22. The van der Waals surface area contributed by atoms with Crippen LogP contribution in [0.25, 0.3) is 5.65 Å². The second-order valence-corrected chi connectivity index (χ2v) is 9.23. The van der Waals surface area contributed by atoms with E-state index in [1.165, 1.54) is 5.69 Å². The Morgan fingerprint density at radius 2 is 1.60 bits per heavy atom. The van der Waals surface area contributed by atoms with E-state index in [9.17, 15) is 4.79 Å². The minimum Gasteiger partial charge on any atom is -0.494 e. The molecule has 4 heterocycles. The molecule has 0 unspecified atom stereocenters. The van der Waals surface area contributed by atoms with Crippen LogP contribution >= 0.6 is 0 Å². The van der Waals surface area contributed by atoms with Crippen molar-refractivity contribution in [2.24, 2.45) is 0 Å². The molecule has 0 bridgehead atoms. The van der Waals surface area contributed by atoms with Crippen LogP contribution in [0.5, 0.6) is 5.75 Å². The van der Waals surface area contributed by atoms with Crippen LogP contribution in [0.4, 0.5) is 11.5 Å². The summed E-state index contributed by atoms with van der Waals surface area (Å²) < 4.78 is 7.77. The molecule has 0 atom stereocenters. The maximum atomic E-state index is 11.4. The largest absolute Gasteiger partial charge is 0.494 e. The molecular formula is C25H34N8O2. The summed E-state index contributed by atoms with van der Waals surface area (Å²) in [7, 11) is 0. The van der Waals surface area contributed by atoms with Gasteiger partial charge in [0.1, 0.15) is 11.6 Å². The Balaban J connectivity index is 1.05. The number of aromatic nitrogens is 4. The fourth-order valence-electron chi connectivity index (χ4n) is 4.77. The molecule has 0 spiro atoms. The molecule has 186 valence electrons. The topological polar surface area (TPSA) is 82.3 Å². The maximum absolute atomic E-state index is 11.4. The lowest BCUT2D eigenvalue weighted by molar-refractivity contribution is -0.130. The van der Waals surface area contributed by atoms with Gasteiger partial charge < -0.3 is 19.4 Å². The van der Waals surface area contributed by atoms with E-state index in [2.05, 4.69) is 49.2 Å². The van der Waals surface area contributed by atoms with Gasteiger partial charge in [-0.3, -0.25) is 9.69 Å². The molecule has 3 aromatic rings. The second-order valence-electron chi connectivity index (χ2n) is 9.23. The van der Waals surface area contributed by atoms with Crippen LogP contribution in [0, 0.1) is 6.92 Å². The Bertz CT molecular complexity index is 1130. The summed E-state index contributed by atoms with van der Waals surface area (Å²) in [4.78, 5) is 20.5. The van der Waals surface area contributed by atoms with Crippen molar-refractivity contribution in [3.05, 3.63) is 42.2 Å². The summed E-state index contributed by atoms with van der Waals surface area (Å²) in [6.07, 6.45) is 0.984. The third-order valence-corrected chi connectivity index (χ3v) is 6.92. The predicted molar refractivity (Wildman–Crippen MR) is 135 cm³/mol. The summed E-state index contributed by atoms with van der Waals surface area (Å²) in [6.45, 7) is 12.6. The van der Waals surface area contributed by atoms with Gasteiger partial charge in [0.05, 0.1) is 6.61 Å². The van der Waals surface area contributed by atoms with Gasteiger partial charge in [-0.05, 0) is 49.7 Å². The number of benzene rings is 1. The lowest BCUT2D eigenvalue weighted by Gasteiger charge is -2.36. The highest BCUT2D eigenvalue weighted by atomic mass is 16.5. The van der Waals surface area contributed by atoms with Crippen molar-refractivity contribution < 1.29 is 9.53 Å². The fourth-order valence-corrected chi connectivity index (χ4v) is 4.77. The first-order chi connectivity index (χ1) is 17.1. The number of rotatable bonds is 7. The standard InChI is InChI=1S/C25H34N8O2/c1-20-26-27-24-8-9-25(28-33(20)24)32-17-15-31(16-18-32)22-4-6-23(7-5-22)35-19-3-10-29-11-13-30(14-12-29)21(2)34/h4-9H,3,10-19H2,1-2H3. The van der Waals surface area contributed by atoms with Crippen LogP contribution in [-0.4, -0.2) is 101 Å². The number of anilines is 2. The molecule has 35 heavy (non-hydrogen) atoms. The molecule has 2 fully saturated rings. The number of piperazine rings is 2. The number of amides is 1. The van der Waals surface area contributed by atoms with Gasteiger partial charge in [-0.15, -0.1) is 15.3 Å². The van der Waals surface area contributed by atoms with E-state index < -0.39 is 0 Å².